The van der Waals surface area contributed by atoms with Gasteiger partial charge in [-0.2, -0.15) is 11.8 Å². The minimum absolute atomic E-state index is 0.744. The molecule has 0 saturated carbocycles. The molecule has 1 aliphatic heterocycles. The second-order valence-corrected chi connectivity index (χ2v) is 7.12. The van der Waals surface area contributed by atoms with Crippen molar-refractivity contribution in [3.05, 3.63) is 35.6 Å². The van der Waals surface area contributed by atoms with E-state index in [1.165, 1.54) is 30.0 Å². The zero-order valence-corrected chi connectivity index (χ0v) is 13.3. The Balaban J connectivity index is 1.68. The standard InChI is InChI=1S/C15H19N3S2/c1-19-11-13-5-3-7-18(13)10-14-9-17-15(20-14)12-4-2-6-16-8-12/h2,4,6,8-9,13H,3,5,7,10-11H2,1H3. The van der Waals surface area contributed by atoms with Gasteiger partial charge in [-0.05, 0) is 37.8 Å². The first-order valence-electron chi connectivity index (χ1n) is 6.95. The van der Waals surface area contributed by atoms with Gasteiger partial charge in [0.15, 0.2) is 0 Å². The maximum absolute atomic E-state index is 4.55. The van der Waals surface area contributed by atoms with Crippen molar-refractivity contribution in [1.29, 1.82) is 0 Å². The van der Waals surface area contributed by atoms with Crippen LogP contribution in [0.3, 0.4) is 0 Å². The van der Waals surface area contributed by atoms with Crippen molar-refractivity contribution in [2.75, 3.05) is 18.6 Å². The number of rotatable bonds is 5. The van der Waals surface area contributed by atoms with E-state index in [9.17, 15) is 0 Å². The Labute approximate surface area is 128 Å². The SMILES string of the molecule is CSCC1CCCN1Cc1cnc(-c2cccnc2)s1. The molecule has 0 amide bonds. The van der Waals surface area contributed by atoms with Gasteiger partial charge in [0.2, 0.25) is 0 Å². The molecule has 0 aromatic carbocycles. The quantitative estimate of drug-likeness (QED) is 0.845. The minimum Gasteiger partial charge on any atom is -0.294 e. The van der Waals surface area contributed by atoms with E-state index >= 15 is 0 Å². The van der Waals surface area contributed by atoms with E-state index in [2.05, 4.69) is 27.2 Å². The fraction of sp³-hybridized carbons (Fsp3) is 0.467. The number of pyridine rings is 1. The molecule has 3 heterocycles. The van der Waals surface area contributed by atoms with Crippen LogP contribution in [0.25, 0.3) is 10.6 Å². The minimum atomic E-state index is 0.744. The van der Waals surface area contributed by atoms with Gasteiger partial charge in [0.05, 0.1) is 0 Å². The molecular formula is C15H19N3S2. The number of thioether (sulfide) groups is 1. The van der Waals surface area contributed by atoms with Gasteiger partial charge in [0, 0.05) is 47.4 Å². The molecule has 5 heteroatoms. The summed E-state index contributed by atoms with van der Waals surface area (Å²) in [5.41, 5.74) is 1.12. The Morgan fingerprint density at radius 2 is 2.40 bits per heavy atom. The Morgan fingerprint density at radius 1 is 1.45 bits per heavy atom. The highest BCUT2D eigenvalue weighted by atomic mass is 32.2. The third-order valence-corrected chi connectivity index (χ3v) is 5.43. The number of thiazole rings is 1. The zero-order chi connectivity index (χ0) is 13.8. The second kappa shape index (κ2) is 6.70. The fourth-order valence-electron chi connectivity index (χ4n) is 2.69. The third kappa shape index (κ3) is 3.22. The largest absolute Gasteiger partial charge is 0.294 e. The van der Waals surface area contributed by atoms with E-state index in [0.29, 0.717) is 0 Å². The number of hydrogen-bond acceptors (Lipinski definition) is 5. The molecule has 2 aromatic rings. The lowest BCUT2D eigenvalue weighted by atomic mass is 10.2. The number of hydrogen-bond donors (Lipinski definition) is 0. The van der Waals surface area contributed by atoms with Crippen LogP contribution in [0.1, 0.15) is 17.7 Å². The van der Waals surface area contributed by atoms with E-state index < -0.39 is 0 Å². The predicted octanol–water partition coefficient (Wildman–Crippen LogP) is 3.53. The van der Waals surface area contributed by atoms with Crippen LogP contribution < -0.4 is 0 Å². The van der Waals surface area contributed by atoms with Gasteiger partial charge in [-0.25, -0.2) is 4.98 Å². The normalized spacial score (nSPS) is 19.6. The van der Waals surface area contributed by atoms with Crippen molar-refractivity contribution in [2.24, 2.45) is 0 Å². The number of likely N-dealkylation sites (tertiary alicyclic amines) is 1. The molecule has 1 saturated heterocycles. The second-order valence-electron chi connectivity index (χ2n) is 5.10. The first kappa shape index (κ1) is 14.0. The highest BCUT2D eigenvalue weighted by Gasteiger charge is 2.24. The Hall–Kier alpha value is -0.910. The summed E-state index contributed by atoms with van der Waals surface area (Å²) in [6.07, 6.45) is 10.6. The molecule has 3 rings (SSSR count). The molecule has 3 nitrogen and oxygen atoms in total. The third-order valence-electron chi connectivity index (χ3n) is 3.68. The molecule has 20 heavy (non-hydrogen) atoms. The van der Waals surface area contributed by atoms with Crippen molar-refractivity contribution in [2.45, 2.75) is 25.4 Å². The Morgan fingerprint density at radius 3 is 3.20 bits per heavy atom. The summed E-state index contributed by atoms with van der Waals surface area (Å²) >= 11 is 3.75. The van der Waals surface area contributed by atoms with Gasteiger partial charge >= 0.3 is 0 Å². The summed E-state index contributed by atoms with van der Waals surface area (Å²) in [7, 11) is 0. The highest BCUT2D eigenvalue weighted by Crippen LogP contribution is 2.28. The van der Waals surface area contributed by atoms with Gasteiger partial charge in [0.1, 0.15) is 5.01 Å². The zero-order valence-electron chi connectivity index (χ0n) is 11.7. The smallest absolute Gasteiger partial charge is 0.125 e. The van der Waals surface area contributed by atoms with Gasteiger partial charge < -0.3 is 0 Å². The molecule has 1 unspecified atom stereocenters. The van der Waals surface area contributed by atoms with Crippen LogP contribution in [-0.4, -0.2) is 39.5 Å². The average molecular weight is 305 g/mol. The van der Waals surface area contributed by atoms with Crippen molar-refractivity contribution in [3.63, 3.8) is 0 Å². The van der Waals surface area contributed by atoms with Gasteiger partial charge in [0.25, 0.3) is 0 Å². The summed E-state index contributed by atoms with van der Waals surface area (Å²) in [5, 5.41) is 1.08. The van der Waals surface area contributed by atoms with Crippen LogP contribution >= 0.6 is 23.1 Å². The average Bonchev–Trinajstić information content (AvgIpc) is 3.11. The molecule has 0 N–H and O–H groups in total. The molecule has 0 bridgehead atoms. The predicted molar refractivity (Wildman–Crippen MR) is 87.2 cm³/mol. The summed E-state index contributed by atoms with van der Waals surface area (Å²) in [4.78, 5) is 12.7. The van der Waals surface area contributed by atoms with E-state index in [0.717, 1.165) is 23.2 Å². The molecule has 1 aliphatic rings. The van der Waals surface area contributed by atoms with E-state index in [4.69, 9.17) is 0 Å². The summed E-state index contributed by atoms with van der Waals surface area (Å²) in [6.45, 7) is 2.27. The Kier molecular flexibility index (Phi) is 4.70. The molecular weight excluding hydrogens is 286 g/mol. The monoisotopic (exact) mass is 305 g/mol. The fourth-order valence-corrected chi connectivity index (χ4v) is 4.38. The summed E-state index contributed by atoms with van der Waals surface area (Å²) in [5.74, 6) is 1.24. The lowest BCUT2D eigenvalue weighted by Crippen LogP contribution is -2.30. The molecule has 0 aliphatic carbocycles. The molecule has 0 radical (unpaired) electrons. The van der Waals surface area contributed by atoms with E-state index in [-0.39, 0.29) is 0 Å². The van der Waals surface area contributed by atoms with Gasteiger partial charge in [-0.3, -0.25) is 9.88 Å². The first-order chi connectivity index (χ1) is 9.86. The highest BCUT2D eigenvalue weighted by molar-refractivity contribution is 7.98. The van der Waals surface area contributed by atoms with Crippen molar-refractivity contribution < 1.29 is 0 Å². The van der Waals surface area contributed by atoms with Crippen molar-refractivity contribution in [1.82, 2.24) is 14.9 Å². The van der Waals surface area contributed by atoms with Crippen molar-refractivity contribution >= 4 is 23.1 Å². The summed E-state index contributed by atoms with van der Waals surface area (Å²) < 4.78 is 0. The molecule has 0 spiro atoms. The van der Waals surface area contributed by atoms with Gasteiger partial charge in [-0.1, -0.05) is 0 Å². The topological polar surface area (TPSA) is 29.0 Å². The molecule has 1 atom stereocenters. The van der Waals surface area contributed by atoms with Crippen LogP contribution in [0.15, 0.2) is 30.7 Å². The molecule has 106 valence electrons. The number of aromatic nitrogens is 2. The molecule has 1 fully saturated rings. The van der Waals surface area contributed by atoms with E-state index in [1.807, 2.05) is 30.2 Å². The van der Waals surface area contributed by atoms with Crippen LogP contribution in [0.5, 0.6) is 0 Å². The van der Waals surface area contributed by atoms with Crippen LogP contribution in [0.4, 0.5) is 0 Å². The number of nitrogens with zero attached hydrogens (tertiary/aromatic N) is 3. The maximum atomic E-state index is 4.55. The van der Waals surface area contributed by atoms with E-state index in [1.54, 1.807) is 17.5 Å². The van der Waals surface area contributed by atoms with Crippen molar-refractivity contribution in [3.8, 4) is 10.6 Å². The van der Waals surface area contributed by atoms with Gasteiger partial charge in [-0.15, -0.1) is 11.3 Å². The molecule has 2 aromatic heterocycles. The Bertz CT molecular complexity index is 541. The maximum Gasteiger partial charge on any atom is 0.125 e. The first-order valence-corrected chi connectivity index (χ1v) is 9.16. The van der Waals surface area contributed by atoms with Crippen LogP contribution in [0.2, 0.25) is 0 Å². The summed E-state index contributed by atoms with van der Waals surface area (Å²) in [6, 6.07) is 4.78. The lowest BCUT2D eigenvalue weighted by Gasteiger charge is -2.22. The lowest BCUT2D eigenvalue weighted by molar-refractivity contribution is 0.266. The van der Waals surface area contributed by atoms with Crippen LogP contribution in [-0.2, 0) is 6.54 Å². The van der Waals surface area contributed by atoms with Crippen LogP contribution in [0, 0.1) is 0 Å².